The first-order valence-electron chi connectivity index (χ1n) is 33.3. The largest absolute Gasteiger partial charge is 0.445 e. The summed E-state index contributed by atoms with van der Waals surface area (Å²) in [5.41, 5.74) is 12.1. The van der Waals surface area contributed by atoms with Gasteiger partial charge in [0.1, 0.15) is 35.5 Å². The molecule has 2 unspecified atom stereocenters. The first-order chi connectivity index (χ1) is 50.1. The van der Waals surface area contributed by atoms with Crippen molar-refractivity contribution in [2.24, 2.45) is 78.3 Å². The quantitative estimate of drug-likeness (QED) is 0.0170. The van der Waals surface area contributed by atoms with E-state index >= 15 is 0 Å². The van der Waals surface area contributed by atoms with Crippen LogP contribution in [0.5, 0.6) is 0 Å². The molecule has 7 amide bonds. The van der Waals surface area contributed by atoms with Crippen molar-refractivity contribution in [2.75, 3.05) is 34.4 Å². The van der Waals surface area contributed by atoms with Gasteiger partial charge in [0.2, 0.25) is 23.3 Å². The summed E-state index contributed by atoms with van der Waals surface area (Å²) in [6, 6.07) is 23.0. The van der Waals surface area contributed by atoms with Gasteiger partial charge >= 0.3 is 12.0 Å². The van der Waals surface area contributed by atoms with Crippen molar-refractivity contribution < 1.29 is 57.5 Å². The Balaban J connectivity index is 0.645. The van der Waals surface area contributed by atoms with Crippen LogP contribution in [0.25, 0.3) is 0 Å². The van der Waals surface area contributed by atoms with Crippen LogP contribution < -0.4 is 37.6 Å². The van der Waals surface area contributed by atoms with Gasteiger partial charge in [-0.25, -0.2) is 19.7 Å². The Morgan fingerprint density at radius 1 is 0.486 bits per heavy atom. The van der Waals surface area contributed by atoms with Crippen LogP contribution in [0.3, 0.4) is 0 Å². The highest BCUT2D eigenvalue weighted by Crippen LogP contribution is 2.23. The fraction of sp³-hybridized carbons (Fsp3) is 0.288. The molecule has 0 radical (unpaired) electrons. The summed E-state index contributed by atoms with van der Waals surface area (Å²) >= 11 is 0. The second-order valence-corrected chi connectivity index (χ2v) is 25.7. The minimum absolute atomic E-state index is 0.00451. The van der Waals surface area contributed by atoms with Crippen molar-refractivity contribution in [1.29, 1.82) is 0 Å². The van der Waals surface area contributed by atoms with Crippen LogP contribution in [0.4, 0.5) is 33.5 Å². The number of carbonyl (C=O) groups excluding carboxylic acids is 11. The van der Waals surface area contributed by atoms with Crippen LogP contribution in [0, 0.1) is 12.8 Å². The predicted molar refractivity (Wildman–Crippen MR) is 385 cm³/mol. The molecule has 0 aliphatic rings. The Bertz CT molecular complexity index is 5030. The second kappa shape index (κ2) is 32.8. The van der Waals surface area contributed by atoms with Gasteiger partial charge in [-0.15, -0.1) is 10.2 Å². The number of alkyl carbamates (subject to hydrolysis) is 1. The van der Waals surface area contributed by atoms with E-state index in [0.29, 0.717) is 39.5 Å². The molecule has 2 atom stereocenters. The van der Waals surface area contributed by atoms with Crippen LogP contribution in [0.2, 0.25) is 0 Å². The summed E-state index contributed by atoms with van der Waals surface area (Å²) in [5.74, 6) is -5.04. The highest BCUT2D eigenvalue weighted by molar-refractivity contribution is 6.08. The summed E-state index contributed by atoms with van der Waals surface area (Å²) in [4.78, 5) is 160. The molecule has 544 valence electrons. The summed E-state index contributed by atoms with van der Waals surface area (Å²) < 4.78 is 17.5. The van der Waals surface area contributed by atoms with E-state index in [1.165, 1.54) is 55.2 Å². The lowest BCUT2D eigenvalue weighted by Gasteiger charge is -2.17. The molecule has 0 aliphatic carbocycles. The van der Waals surface area contributed by atoms with E-state index in [1.807, 2.05) is 25.1 Å². The fourth-order valence-corrected chi connectivity index (χ4v) is 11.7. The number of aromatic nitrogens is 11. The maximum absolute atomic E-state index is 13.7. The standard InChI is InChI=1S/C73H80N20O12/c1-42-16-18-48(19-17-42)84-85-70(101)55-26-47(35-88(55)5)28-60(96)53-24-45(33-86(53)3)27-59(95)54-25-46(34-87(54)4)29-61(97)64-76-51(38-91(64)8)32-58(94)43(2)21-23-75-68(99)56-30-49(36-89(56)6)77-72(103)66-81-63(40-93(66)10)83-69(100)57-31-50(37-90(57)7)78-71(102)65-80-62(39-92(65)9)82-67(98)52(20-22-74)79-73(104)105-41-44-14-12-11-13-15-44/h11-19,24-26,30-31,33-40,43,52H,20-23,27-29,32,41,74H2,1-10H3,(H,75,99)(H,77,103)(H,78,102)(H,79,104)(H,82,98)(H,83,100). The average Bonchev–Trinajstić information content (AvgIpc) is 1.68. The number of rotatable bonds is 31. The number of nitrogens with one attached hydrogen (secondary N) is 6. The molecule has 8 aromatic heterocycles. The number of benzene rings is 2. The Kier molecular flexibility index (Phi) is 23.3. The molecule has 0 bridgehead atoms. The van der Waals surface area contributed by atoms with Gasteiger partial charge in [-0.1, -0.05) is 55.0 Å². The molecule has 0 saturated heterocycles. The lowest BCUT2D eigenvalue weighted by molar-refractivity contribution is -0.122. The van der Waals surface area contributed by atoms with Crippen molar-refractivity contribution >= 4 is 93.4 Å². The molecule has 32 nitrogen and oxygen atoms in total. The third kappa shape index (κ3) is 18.8. The van der Waals surface area contributed by atoms with Gasteiger partial charge in [-0.2, -0.15) is 0 Å². The van der Waals surface area contributed by atoms with Crippen molar-refractivity contribution in [3.05, 3.63) is 214 Å². The Morgan fingerprint density at radius 2 is 0.990 bits per heavy atom. The van der Waals surface area contributed by atoms with Crippen LogP contribution in [0.1, 0.15) is 138 Å². The maximum atomic E-state index is 13.7. The average molecular weight is 1430 g/mol. The predicted octanol–water partition coefficient (Wildman–Crippen LogP) is 7.00. The van der Waals surface area contributed by atoms with Crippen molar-refractivity contribution in [2.45, 2.75) is 65.0 Å². The van der Waals surface area contributed by atoms with Crippen LogP contribution >= 0.6 is 0 Å². The van der Waals surface area contributed by atoms with E-state index in [2.05, 4.69) is 57.1 Å². The first kappa shape index (κ1) is 74.7. The Hall–Kier alpha value is -13.0. The molecule has 0 fully saturated rings. The third-order valence-corrected chi connectivity index (χ3v) is 17.2. The minimum Gasteiger partial charge on any atom is -0.445 e. The second-order valence-electron chi connectivity index (χ2n) is 25.7. The number of Topliss-reactive ketones (excluding diaryl/α,β-unsaturated/α-hetero) is 4. The zero-order valence-corrected chi connectivity index (χ0v) is 59.5. The first-order valence-corrected chi connectivity index (χ1v) is 33.3. The summed E-state index contributed by atoms with van der Waals surface area (Å²) in [6.07, 6.45) is 12.0. The van der Waals surface area contributed by atoms with Gasteiger partial charge in [0.15, 0.2) is 29.0 Å². The Labute approximate surface area is 602 Å². The summed E-state index contributed by atoms with van der Waals surface area (Å²) in [6.45, 7) is 3.88. The van der Waals surface area contributed by atoms with E-state index in [4.69, 9.17) is 10.5 Å². The number of carbonyl (C=O) groups is 11. The monoisotopic (exact) mass is 1430 g/mol. The number of amides is 7. The minimum atomic E-state index is -1.07. The molecule has 32 heteroatoms. The van der Waals surface area contributed by atoms with Gasteiger partial charge in [-0.05, 0) is 91.0 Å². The molecular weight excluding hydrogens is 1350 g/mol. The number of ketones is 4. The number of anilines is 4. The van der Waals surface area contributed by atoms with E-state index in [1.54, 1.807) is 161 Å². The number of hydrogen-bond donors (Lipinski definition) is 7. The van der Waals surface area contributed by atoms with Gasteiger partial charge in [0.25, 0.3) is 23.6 Å². The Morgan fingerprint density at radius 3 is 1.55 bits per heavy atom. The molecule has 0 spiro atoms. The zero-order valence-electron chi connectivity index (χ0n) is 59.5. The molecule has 2 aromatic carbocycles. The summed E-state index contributed by atoms with van der Waals surface area (Å²) in [5, 5.41) is 23.9. The van der Waals surface area contributed by atoms with Gasteiger partial charge < -0.3 is 78.9 Å². The number of nitrogens with two attached hydrogens (primary N) is 1. The number of hydrogen-bond acceptors (Lipinski definition) is 17. The lowest BCUT2D eigenvalue weighted by atomic mass is 9.99. The van der Waals surface area contributed by atoms with Crippen LogP contribution in [-0.2, 0) is 103 Å². The zero-order chi connectivity index (χ0) is 75.5. The topological polar surface area (TPSA) is 398 Å². The summed E-state index contributed by atoms with van der Waals surface area (Å²) in [7, 11) is 13.1. The maximum Gasteiger partial charge on any atom is 0.408 e. The number of aryl methyl sites for hydroxylation is 9. The number of imidazole rings is 3. The van der Waals surface area contributed by atoms with Gasteiger partial charge in [0, 0.05) is 138 Å². The van der Waals surface area contributed by atoms with E-state index in [9.17, 15) is 52.7 Å². The van der Waals surface area contributed by atoms with Crippen molar-refractivity contribution in [3.8, 4) is 0 Å². The lowest BCUT2D eigenvalue weighted by Crippen LogP contribution is -2.45. The van der Waals surface area contributed by atoms with E-state index in [0.717, 1.165) is 11.1 Å². The highest BCUT2D eigenvalue weighted by atomic mass is 16.5. The third-order valence-electron chi connectivity index (χ3n) is 17.2. The van der Waals surface area contributed by atoms with E-state index < -0.39 is 53.5 Å². The smallest absolute Gasteiger partial charge is 0.408 e. The van der Waals surface area contributed by atoms with Crippen LogP contribution in [0.15, 0.2) is 145 Å². The molecule has 8 heterocycles. The number of ether oxygens (including phenoxy) is 1. The van der Waals surface area contributed by atoms with Crippen molar-refractivity contribution in [1.82, 2.24) is 62.1 Å². The molecule has 105 heavy (non-hydrogen) atoms. The van der Waals surface area contributed by atoms with E-state index in [-0.39, 0.29) is 139 Å². The molecule has 8 N–H and O–H groups in total. The normalized spacial score (nSPS) is 11.8. The molecule has 0 saturated carbocycles. The van der Waals surface area contributed by atoms with Gasteiger partial charge in [-0.3, -0.25) is 47.9 Å². The van der Waals surface area contributed by atoms with Gasteiger partial charge in [0.05, 0.1) is 40.6 Å². The number of nitrogens with zero attached hydrogens (tertiary/aromatic N) is 13. The van der Waals surface area contributed by atoms with Crippen molar-refractivity contribution in [3.63, 3.8) is 0 Å². The SMILES string of the molecule is Cc1ccc(N=NC(=O)c2cc(CC(=O)c3cc(CC(=O)c4cc(CC(=O)c5nc(CC(=O)C(C)CCNC(=O)c6cc(NC(=O)c7nc(NC(=O)c8cc(NC(=O)c9nc(NC(=O)C(CCN)NC(=O)OCc%10ccccc%10)cn9C)cn8C)cn7C)cn6C)cn5C)cn4C)cn3C)cn2C)cc1. The molecule has 10 rings (SSSR count). The fourth-order valence-electron chi connectivity index (χ4n) is 11.7. The molecule has 0 aliphatic heterocycles. The molecule has 10 aromatic rings. The number of azo groups is 1. The van der Waals surface area contributed by atoms with Crippen LogP contribution in [-0.4, -0.2) is 135 Å². The highest BCUT2D eigenvalue weighted by Gasteiger charge is 2.28. The molecular formula is C73H80N20O12.